The van der Waals surface area contributed by atoms with Crippen molar-refractivity contribution in [2.45, 2.75) is 38.1 Å². The summed E-state index contributed by atoms with van der Waals surface area (Å²) in [7, 11) is 0. The number of amides is 1. The number of fused-ring (bicyclic) bond motifs is 3. The number of unbranched alkanes of at least 4 members (excludes halogenated alkanes) is 1. The highest BCUT2D eigenvalue weighted by atomic mass is 35.5. The molecule has 2 aliphatic rings. The van der Waals surface area contributed by atoms with Crippen molar-refractivity contribution >= 4 is 34.8 Å². The predicted molar refractivity (Wildman–Crippen MR) is 116 cm³/mol. The van der Waals surface area contributed by atoms with Gasteiger partial charge in [0.15, 0.2) is 0 Å². The van der Waals surface area contributed by atoms with Crippen molar-refractivity contribution in [1.82, 2.24) is 5.32 Å². The second-order valence-electron chi connectivity index (χ2n) is 7.55. The third-order valence-corrected chi connectivity index (χ3v) is 6.30. The number of rotatable bonds is 5. The van der Waals surface area contributed by atoms with Gasteiger partial charge in [0.1, 0.15) is 0 Å². The number of hydrogen-bond donors (Lipinski definition) is 2. The normalized spacial score (nSPS) is 22.3. The van der Waals surface area contributed by atoms with Crippen molar-refractivity contribution in [3.63, 3.8) is 0 Å². The van der Waals surface area contributed by atoms with E-state index in [9.17, 15) is 4.79 Å². The number of carbonyl (C=O) groups excluding carboxylic acids is 1. The highest BCUT2D eigenvalue weighted by Crippen LogP contribution is 2.51. The molecule has 1 heterocycles. The van der Waals surface area contributed by atoms with Gasteiger partial charge in [0.2, 0.25) is 0 Å². The highest BCUT2D eigenvalue weighted by Gasteiger charge is 2.38. The molecule has 2 aromatic carbocycles. The standard InChI is InChI=1S/C23H24Cl2N2O/c1-2-3-11-26-23(28)14-7-10-21-19(12-14)16-5-4-6-17(16)22(27-21)18-9-8-15(24)13-20(18)25/h4-5,7-10,12-13,16-17,22,27H,2-3,6,11H2,1H3,(H,26,28). The van der Waals surface area contributed by atoms with Crippen molar-refractivity contribution in [2.75, 3.05) is 11.9 Å². The Morgan fingerprint density at radius 2 is 2.04 bits per heavy atom. The molecule has 3 unspecified atom stereocenters. The van der Waals surface area contributed by atoms with Crippen LogP contribution in [0.2, 0.25) is 10.0 Å². The minimum absolute atomic E-state index is 0.00218. The van der Waals surface area contributed by atoms with Crippen LogP contribution in [0.3, 0.4) is 0 Å². The summed E-state index contributed by atoms with van der Waals surface area (Å²) < 4.78 is 0. The quantitative estimate of drug-likeness (QED) is 0.441. The molecular weight excluding hydrogens is 391 g/mol. The second-order valence-corrected chi connectivity index (χ2v) is 8.40. The van der Waals surface area contributed by atoms with E-state index in [0.717, 1.165) is 36.1 Å². The number of allylic oxidation sites excluding steroid dienone is 2. The number of nitrogens with one attached hydrogen (secondary N) is 2. The molecule has 0 bridgehead atoms. The molecule has 0 aromatic heterocycles. The Labute approximate surface area is 176 Å². The molecule has 4 rings (SSSR count). The minimum Gasteiger partial charge on any atom is -0.378 e. The topological polar surface area (TPSA) is 41.1 Å². The lowest BCUT2D eigenvalue weighted by Crippen LogP contribution is -2.30. The zero-order chi connectivity index (χ0) is 19.7. The molecule has 1 aliphatic heterocycles. The summed E-state index contributed by atoms with van der Waals surface area (Å²) in [5, 5.41) is 8.00. The summed E-state index contributed by atoms with van der Waals surface area (Å²) in [6, 6.07) is 11.8. The van der Waals surface area contributed by atoms with Gasteiger partial charge in [-0.3, -0.25) is 4.79 Å². The van der Waals surface area contributed by atoms with Crippen molar-refractivity contribution in [2.24, 2.45) is 5.92 Å². The molecular formula is C23H24Cl2N2O. The van der Waals surface area contributed by atoms with Crippen LogP contribution in [0.4, 0.5) is 5.69 Å². The third kappa shape index (κ3) is 3.66. The first-order chi connectivity index (χ1) is 13.6. The van der Waals surface area contributed by atoms with Crippen molar-refractivity contribution in [1.29, 1.82) is 0 Å². The molecule has 0 saturated carbocycles. The Morgan fingerprint density at radius 3 is 2.82 bits per heavy atom. The van der Waals surface area contributed by atoms with Crippen LogP contribution in [0.5, 0.6) is 0 Å². The van der Waals surface area contributed by atoms with Gasteiger partial charge in [-0.2, -0.15) is 0 Å². The van der Waals surface area contributed by atoms with Gasteiger partial charge in [-0.05, 0) is 60.2 Å². The second kappa shape index (κ2) is 8.18. The van der Waals surface area contributed by atoms with Gasteiger partial charge in [-0.15, -0.1) is 0 Å². The zero-order valence-electron chi connectivity index (χ0n) is 15.8. The summed E-state index contributed by atoms with van der Waals surface area (Å²) in [4.78, 5) is 12.5. The van der Waals surface area contributed by atoms with Crippen LogP contribution < -0.4 is 10.6 Å². The first-order valence-electron chi connectivity index (χ1n) is 9.88. The smallest absolute Gasteiger partial charge is 0.251 e. The highest BCUT2D eigenvalue weighted by molar-refractivity contribution is 6.35. The van der Waals surface area contributed by atoms with E-state index in [-0.39, 0.29) is 17.9 Å². The van der Waals surface area contributed by atoms with Gasteiger partial charge < -0.3 is 10.6 Å². The molecule has 146 valence electrons. The molecule has 3 atom stereocenters. The van der Waals surface area contributed by atoms with Crippen LogP contribution >= 0.6 is 23.2 Å². The number of carbonyl (C=O) groups is 1. The molecule has 0 radical (unpaired) electrons. The molecule has 2 N–H and O–H groups in total. The number of halogens is 2. The van der Waals surface area contributed by atoms with E-state index in [1.54, 1.807) is 6.07 Å². The van der Waals surface area contributed by atoms with E-state index in [0.29, 0.717) is 22.5 Å². The summed E-state index contributed by atoms with van der Waals surface area (Å²) in [6.07, 6.45) is 7.54. The Bertz CT molecular complexity index is 925. The summed E-state index contributed by atoms with van der Waals surface area (Å²) >= 11 is 12.6. The van der Waals surface area contributed by atoms with E-state index in [4.69, 9.17) is 23.2 Å². The largest absolute Gasteiger partial charge is 0.378 e. The lowest BCUT2D eigenvalue weighted by molar-refractivity contribution is 0.0953. The number of benzene rings is 2. The number of anilines is 1. The van der Waals surface area contributed by atoms with Crippen LogP contribution in [0.1, 0.15) is 59.6 Å². The average Bonchev–Trinajstić information content (AvgIpc) is 3.17. The lowest BCUT2D eigenvalue weighted by Gasteiger charge is -2.38. The van der Waals surface area contributed by atoms with Crippen LogP contribution in [-0.2, 0) is 0 Å². The zero-order valence-corrected chi connectivity index (χ0v) is 17.4. The molecule has 28 heavy (non-hydrogen) atoms. The average molecular weight is 415 g/mol. The van der Waals surface area contributed by atoms with Crippen molar-refractivity contribution < 1.29 is 4.79 Å². The van der Waals surface area contributed by atoms with Gasteiger partial charge in [0.25, 0.3) is 5.91 Å². The fourth-order valence-corrected chi connectivity index (χ4v) is 4.80. The molecule has 3 nitrogen and oxygen atoms in total. The minimum atomic E-state index is -0.00218. The van der Waals surface area contributed by atoms with E-state index in [2.05, 4.69) is 29.7 Å². The van der Waals surface area contributed by atoms with Gasteiger partial charge in [-0.1, -0.05) is 54.8 Å². The summed E-state index contributed by atoms with van der Waals surface area (Å²) in [5.74, 6) is 0.638. The fraction of sp³-hybridized carbons (Fsp3) is 0.348. The lowest BCUT2D eigenvalue weighted by atomic mass is 9.76. The van der Waals surface area contributed by atoms with Crippen LogP contribution in [0, 0.1) is 5.92 Å². The van der Waals surface area contributed by atoms with E-state index < -0.39 is 0 Å². The molecule has 1 aliphatic carbocycles. The molecule has 0 spiro atoms. The van der Waals surface area contributed by atoms with E-state index >= 15 is 0 Å². The summed E-state index contributed by atoms with van der Waals surface area (Å²) in [6.45, 7) is 2.83. The number of hydrogen-bond acceptors (Lipinski definition) is 2. The van der Waals surface area contributed by atoms with E-state index in [1.807, 2.05) is 30.3 Å². The first-order valence-corrected chi connectivity index (χ1v) is 10.6. The molecule has 2 aromatic rings. The Kier molecular flexibility index (Phi) is 5.65. The Morgan fingerprint density at radius 1 is 1.18 bits per heavy atom. The van der Waals surface area contributed by atoms with Gasteiger partial charge in [0.05, 0.1) is 6.04 Å². The first kappa shape index (κ1) is 19.4. The third-order valence-electron chi connectivity index (χ3n) is 5.74. The molecule has 1 amide bonds. The molecule has 0 fully saturated rings. The maximum Gasteiger partial charge on any atom is 0.251 e. The Hall–Kier alpha value is -1.97. The van der Waals surface area contributed by atoms with Crippen molar-refractivity contribution in [3.8, 4) is 0 Å². The fourth-order valence-electron chi connectivity index (χ4n) is 4.28. The molecule has 0 saturated heterocycles. The maximum absolute atomic E-state index is 12.5. The van der Waals surface area contributed by atoms with Crippen LogP contribution in [-0.4, -0.2) is 12.5 Å². The molecule has 5 heteroatoms. The van der Waals surface area contributed by atoms with Crippen molar-refractivity contribution in [3.05, 3.63) is 75.3 Å². The van der Waals surface area contributed by atoms with E-state index in [1.165, 1.54) is 5.56 Å². The predicted octanol–water partition coefficient (Wildman–Crippen LogP) is 6.35. The van der Waals surface area contributed by atoms with Crippen LogP contribution in [0.15, 0.2) is 48.6 Å². The van der Waals surface area contributed by atoms with Gasteiger partial charge in [-0.25, -0.2) is 0 Å². The Balaban J connectivity index is 1.64. The monoisotopic (exact) mass is 414 g/mol. The summed E-state index contributed by atoms with van der Waals surface area (Å²) in [5.41, 5.74) is 4.03. The van der Waals surface area contributed by atoms with Crippen LogP contribution in [0.25, 0.3) is 0 Å². The van der Waals surface area contributed by atoms with Gasteiger partial charge in [0, 0.05) is 33.8 Å². The maximum atomic E-state index is 12.5. The SMILES string of the molecule is CCCCNC(=O)c1ccc2c(c1)C1C=CCC1C(c1ccc(Cl)cc1Cl)N2. The van der Waals surface area contributed by atoms with Gasteiger partial charge >= 0.3 is 0 Å².